The van der Waals surface area contributed by atoms with Gasteiger partial charge in [0.05, 0.1) is 7.11 Å². The van der Waals surface area contributed by atoms with Gasteiger partial charge >= 0.3 is 0 Å². The first kappa shape index (κ1) is 10.2. The van der Waals surface area contributed by atoms with Crippen molar-refractivity contribution in [3.63, 3.8) is 0 Å². The second-order valence-electron chi connectivity index (χ2n) is 3.37. The number of nitrogen functional groups attached to an aromatic ring is 1. The molecule has 3 rings (SSSR count). The largest absolute Gasteiger partial charge is 0.493 e. The van der Waals surface area contributed by atoms with Crippen LogP contribution in [0.1, 0.15) is 0 Å². The molecule has 6 nitrogen and oxygen atoms in total. The van der Waals surface area contributed by atoms with E-state index < -0.39 is 0 Å². The Hall–Kier alpha value is -2.02. The van der Waals surface area contributed by atoms with Crippen LogP contribution in [0.15, 0.2) is 12.1 Å². The maximum absolute atomic E-state index is 5.56. The van der Waals surface area contributed by atoms with Crippen LogP contribution in [0.4, 0.5) is 5.13 Å². The maximum Gasteiger partial charge on any atom is 0.231 e. The second kappa shape index (κ2) is 3.77. The lowest BCUT2D eigenvalue weighted by Gasteiger charge is -2.05. The van der Waals surface area contributed by atoms with Gasteiger partial charge in [0.2, 0.25) is 12.5 Å². The first-order valence-electron chi connectivity index (χ1n) is 4.85. The van der Waals surface area contributed by atoms with E-state index in [0.717, 1.165) is 17.1 Å². The van der Waals surface area contributed by atoms with Crippen LogP contribution in [-0.4, -0.2) is 23.3 Å². The zero-order valence-electron chi connectivity index (χ0n) is 8.97. The van der Waals surface area contributed by atoms with Gasteiger partial charge in [-0.1, -0.05) is 0 Å². The number of nitrogens with two attached hydrogens (primary N) is 1. The summed E-state index contributed by atoms with van der Waals surface area (Å²) in [6, 6.07) is 3.61. The van der Waals surface area contributed by atoms with E-state index in [0.29, 0.717) is 28.2 Å². The molecule has 7 heteroatoms. The number of aromatic nitrogens is 2. The van der Waals surface area contributed by atoms with Gasteiger partial charge in [-0.05, 0) is 12.1 Å². The van der Waals surface area contributed by atoms with Crippen molar-refractivity contribution < 1.29 is 14.2 Å². The Bertz CT molecular complexity index is 570. The van der Waals surface area contributed by atoms with Crippen LogP contribution >= 0.6 is 11.5 Å². The Morgan fingerprint density at radius 2 is 2.29 bits per heavy atom. The smallest absolute Gasteiger partial charge is 0.231 e. The summed E-state index contributed by atoms with van der Waals surface area (Å²) in [4.78, 5) is 4.12. The van der Waals surface area contributed by atoms with Crippen molar-refractivity contribution in [2.75, 3.05) is 19.6 Å². The highest BCUT2D eigenvalue weighted by Gasteiger charge is 2.21. The van der Waals surface area contributed by atoms with Gasteiger partial charge < -0.3 is 19.9 Å². The lowest BCUT2D eigenvalue weighted by Crippen LogP contribution is -1.93. The van der Waals surface area contributed by atoms with Gasteiger partial charge in [0.25, 0.3) is 0 Å². The molecule has 1 aromatic carbocycles. The molecular weight excluding hydrogens is 242 g/mol. The van der Waals surface area contributed by atoms with E-state index >= 15 is 0 Å². The molecule has 0 amide bonds. The molecule has 17 heavy (non-hydrogen) atoms. The van der Waals surface area contributed by atoms with E-state index in [4.69, 9.17) is 19.9 Å². The normalized spacial score (nSPS) is 12.8. The van der Waals surface area contributed by atoms with Crippen LogP contribution in [0.5, 0.6) is 17.2 Å². The van der Waals surface area contributed by atoms with E-state index in [9.17, 15) is 0 Å². The Morgan fingerprint density at radius 1 is 1.41 bits per heavy atom. The summed E-state index contributed by atoms with van der Waals surface area (Å²) >= 11 is 1.15. The van der Waals surface area contributed by atoms with E-state index in [2.05, 4.69) is 9.36 Å². The van der Waals surface area contributed by atoms with Crippen molar-refractivity contribution >= 4 is 16.7 Å². The first-order valence-corrected chi connectivity index (χ1v) is 5.62. The third-order valence-electron chi connectivity index (χ3n) is 2.36. The molecule has 1 aromatic heterocycles. The average molecular weight is 251 g/mol. The number of rotatable bonds is 2. The predicted octanol–water partition coefficient (Wildman–Crippen LogP) is 1.52. The van der Waals surface area contributed by atoms with E-state index in [1.54, 1.807) is 13.2 Å². The minimum atomic E-state index is 0.196. The van der Waals surface area contributed by atoms with Crippen LogP contribution < -0.4 is 19.9 Å². The number of anilines is 1. The predicted molar refractivity (Wildman–Crippen MR) is 62.4 cm³/mol. The van der Waals surface area contributed by atoms with Crippen molar-refractivity contribution in [3.05, 3.63) is 12.1 Å². The van der Waals surface area contributed by atoms with E-state index in [1.165, 1.54) is 0 Å². The van der Waals surface area contributed by atoms with Crippen LogP contribution in [0.2, 0.25) is 0 Å². The third-order valence-corrected chi connectivity index (χ3v) is 2.90. The number of hydrogen-bond acceptors (Lipinski definition) is 7. The summed E-state index contributed by atoms with van der Waals surface area (Å²) in [5, 5.41) is 0.427. The van der Waals surface area contributed by atoms with Crippen molar-refractivity contribution in [3.8, 4) is 28.6 Å². The molecule has 0 saturated heterocycles. The van der Waals surface area contributed by atoms with Crippen LogP contribution in [-0.2, 0) is 0 Å². The Labute approximate surface area is 101 Å². The highest BCUT2D eigenvalue weighted by Crippen LogP contribution is 2.43. The number of hydrogen-bond donors (Lipinski definition) is 1. The SMILES string of the molecule is COc1cc(-c2nsc(N)n2)cc2c1OCO2. The van der Waals surface area contributed by atoms with Gasteiger partial charge in [-0.2, -0.15) is 9.36 Å². The molecule has 2 heterocycles. The topological polar surface area (TPSA) is 79.5 Å². The molecule has 0 atom stereocenters. The monoisotopic (exact) mass is 251 g/mol. The van der Waals surface area contributed by atoms with E-state index in [1.807, 2.05) is 6.07 Å². The summed E-state index contributed by atoms with van der Waals surface area (Å²) in [6.07, 6.45) is 0. The number of benzene rings is 1. The zero-order valence-corrected chi connectivity index (χ0v) is 9.78. The molecule has 0 unspecified atom stereocenters. The highest BCUT2D eigenvalue weighted by atomic mass is 32.1. The molecule has 0 spiro atoms. The summed E-state index contributed by atoms with van der Waals surface area (Å²) in [5.74, 6) is 2.40. The van der Waals surface area contributed by atoms with Gasteiger partial charge in [0.1, 0.15) is 0 Å². The van der Waals surface area contributed by atoms with Gasteiger partial charge in [0, 0.05) is 17.1 Å². The van der Waals surface area contributed by atoms with Crippen LogP contribution in [0.25, 0.3) is 11.4 Å². The Kier molecular flexibility index (Phi) is 2.25. The van der Waals surface area contributed by atoms with Crippen molar-refractivity contribution in [2.45, 2.75) is 0 Å². The lowest BCUT2D eigenvalue weighted by atomic mass is 10.1. The lowest BCUT2D eigenvalue weighted by molar-refractivity contribution is 0.171. The molecule has 88 valence electrons. The van der Waals surface area contributed by atoms with Crippen molar-refractivity contribution in [1.82, 2.24) is 9.36 Å². The number of nitrogens with zero attached hydrogens (tertiary/aromatic N) is 2. The summed E-state index contributed by atoms with van der Waals surface area (Å²) in [7, 11) is 1.57. The fraction of sp³-hybridized carbons (Fsp3) is 0.200. The molecule has 0 radical (unpaired) electrons. The molecule has 1 aliphatic heterocycles. The van der Waals surface area contributed by atoms with Gasteiger partial charge in [-0.25, -0.2) is 0 Å². The Morgan fingerprint density at radius 3 is 3.00 bits per heavy atom. The molecule has 0 saturated carbocycles. The maximum atomic E-state index is 5.56. The third kappa shape index (κ3) is 1.64. The molecule has 0 bridgehead atoms. The summed E-state index contributed by atoms with van der Waals surface area (Å²) in [6.45, 7) is 0.196. The second-order valence-corrected chi connectivity index (χ2v) is 4.15. The molecule has 0 aliphatic carbocycles. The zero-order chi connectivity index (χ0) is 11.8. The van der Waals surface area contributed by atoms with Crippen molar-refractivity contribution in [2.24, 2.45) is 0 Å². The number of fused-ring (bicyclic) bond motifs is 1. The average Bonchev–Trinajstić information content (AvgIpc) is 2.95. The van der Waals surface area contributed by atoms with Gasteiger partial charge in [-0.15, -0.1) is 0 Å². The standard InChI is InChI=1S/C10H9N3O3S/c1-14-6-2-5(9-12-10(11)17-13-9)3-7-8(6)16-4-15-7/h2-3H,4H2,1H3,(H2,11,12,13). The minimum Gasteiger partial charge on any atom is -0.493 e. The van der Waals surface area contributed by atoms with E-state index in [-0.39, 0.29) is 6.79 Å². The van der Waals surface area contributed by atoms with Crippen LogP contribution in [0, 0.1) is 0 Å². The quantitative estimate of drug-likeness (QED) is 0.871. The highest BCUT2D eigenvalue weighted by molar-refractivity contribution is 7.09. The molecule has 2 N–H and O–H groups in total. The minimum absolute atomic E-state index is 0.196. The summed E-state index contributed by atoms with van der Waals surface area (Å²) < 4.78 is 20.0. The van der Waals surface area contributed by atoms with Crippen molar-refractivity contribution in [1.29, 1.82) is 0 Å². The molecule has 2 aromatic rings. The molecule has 1 aliphatic rings. The Balaban J connectivity index is 2.12. The molecule has 0 fully saturated rings. The summed E-state index contributed by atoms with van der Waals surface area (Å²) in [5.41, 5.74) is 6.35. The molecular formula is C10H9N3O3S. The number of methoxy groups -OCH3 is 1. The van der Waals surface area contributed by atoms with Gasteiger partial charge in [0.15, 0.2) is 22.5 Å². The van der Waals surface area contributed by atoms with Crippen LogP contribution in [0.3, 0.4) is 0 Å². The first-order chi connectivity index (χ1) is 8.28. The number of ether oxygens (including phenoxy) is 3. The van der Waals surface area contributed by atoms with Gasteiger partial charge in [-0.3, -0.25) is 0 Å². The fourth-order valence-electron chi connectivity index (χ4n) is 1.61. The fourth-order valence-corrected chi connectivity index (χ4v) is 2.06.